The van der Waals surface area contributed by atoms with Gasteiger partial charge in [0.15, 0.2) is 5.78 Å². The molecule has 0 saturated carbocycles. The molecule has 0 aliphatic rings. The van der Waals surface area contributed by atoms with Gasteiger partial charge in [0.1, 0.15) is 5.69 Å². The first-order chi connectivity index (χ1) is 9.27. The molecule has 0 saturated heterocycles. The number of aryl methyl sites for hydroxylation is 2. The minimum atomic E-state index is -4.45. The molecule has 0 amide bonds. The summed E-state index contributed by atoms with van der Waals surface area (Å²) in [5.41, 5.74) is 0.604. The molecule has 0 aliphatic carbocycles. The van der Waals surface area contributed by atoms with Crippen LogP contribution in [-0.4, -0.2) is 20.5 Å². The summed E-state index contributed by atoms with van der Waals surface area (Å²) in [6.45, 7) is 1.80. The van der Waals surface area contributed by atoms with Crippen molar-refractivity contribution in [2.45, 2.75) is 19.5 Å². The average molecular weight is 283 g/mol. The summed E-state index contributed by atoms with van der Waals surface area (Å²) >= 11 is 0. The maximum Gasteiger partial charge on any atom is 0.417 e. The Labute approximate surface area is 113 Å². The molecule has 0 fully saturated rings. The van der Waals surface area contributed by atoms with E-state index in [2.05, 4.69) is 10.1 Å². The van der Waals surface area contributed by atoms with Gasteiger partial charge in [0, 0.05) is 18.9 Å². The van der Waals surface area contributed by atoms with Crippen LogP contribution in [0.2, 0.25) is 0 Å². The molecule has 2 aromatic heterocycles. The Morgan fingerprint density at radius 1 is 1.35 bits per heavy atom. The Morgan fingerprint density at radius 2 is 2.05 bits per heavy atom. The third kappa shape index (κ3) is 3.04. The Morgan fingerprint density at radius 3 is 2.50 bits per heavy atom. The first-order valence-electron chi connectivity index (χ1n) is 5.83. The normalized spacial score (nSPS) is 11.7. The molecule has 0 bridgehead atoms. The first kappa shape index (κ1) is 14.2. The Balaban J connectivity index is 2.16. The van der Waals surface area contributed by atoms with Crippen LogP contribution in [0, 0.1) is 6.92 Å². The van der Waals surface area contributed by atoms with Gasteiger partial charge in [-0.2, -0.15) is 18.3 Å². The molecule has 7 heteroatoms. The quantitative estimate of drug-likeness (QED) is 0.813. The van der Waals surface area contributed by atoms with E-state index in [1.54, 1.807) is 24.7 Å². The fourth-order valence-corrected chi connectivity index (χ4v) is 1.81. The summed E-state index contributed by atoms with van der Waals surface area (Å²) in [4.78, 5) is 15.5. The number of alkyl halides is 3. The minimum absolute atomic E-state index is 0.0110. The van der Waals surface area contributed by atoms with E-state index in [1.807, 2.05) is 0 Å². The van der Waals surface area contributed by atoms with E-state index in [4.69, 9.17) is 0 Å². The largest absolute Gasteiger partial charge is 0.417 e. The summed E-state index contributed by atoms with van der Waals surface area (Å²) in [6, 6.07) is 3.70. The topological polar surface area (TPSA) is 47.8 Å². The second-order valence-electron chi connectivity index (χ2n) is 4.43. The zero-order valence-corrected chi connectivity index (χ0v) is 10.9. The van der Waals surface area contributed by atoms with Gasteiger partial charge in [-0.25, -0.2) is 0 Å². The van der Waals surface area contributed by atoms with Crippen LogP contribution in [0.4, 0.5) is 13.2 Å². The van der Waals surface area contributed by atoms with Crippen LogP contribution in [0.5, 0.6) is 0 Å². The summed E-state index contributed by atoms with van der Waals surface area (Å²) in [7, 11) is 1.70. The summed E-state index contributed by atoms with van der Waals surface area (Å²) in [6.07, 6.45) is -3.73. The van der Waals surface area contributed by atoms with Gasteiger partial charge in [-0.3, -0.25) is 14.5 Å². The lowest BCUT2D eigenvalue weighted by Crippen LogP contribution is -2.11. The Bertz CT molecular complexity index is 629. The molecule has 0 aromatic carbocycles. The predicted octanol–water partition coefficient (Wildman–Crippen LogP) is 2.57. The van der Waals surface area contributed by atoms with Crippen molar-refractivity contribution in [3.63, 3.8) is 0 Å². The summed E-state index contributed by atoms with van der Waals surface area (Å²) in [5.74, 6) is -0.346. The third-order valence-corrected chi connectivity index (χ3v) is 2.82. The maximum absolute atomic E-state index is 12.4. The van der Waals surface area contributed by atoms with Crippen LogP contribution in [0.15, 0.2) is 24.4 Å². The molecule has 2 rings (SSSR count). The van der Waals surface area contributed by atoms with Crippen molar-refractivity contribution in [3.05, 3.63) is 47.0 Å². The van der Waals surface area contributed by atoms with Crippen LogP contribution in [0.25, 0.3) is 0 Å². The van der Waals surface area contributed by atoms with E-state index in [9.17, 15) is 18.0 Å². The number of Topliss-reactive ketones (excluding diaryl/α,β-unsaturated/α-hetero) is 1. The van der Waals surface area contributed by atoms with Crippen molar-refractivity contribution in [3.8, 4) is 0 Å². The van der Waals surface area contributed by atoms with Gasteiger partial charge in [-0.15, -0.1) is 0 Å². The standard InChI is InChI=1S/C13H12F3N3O/c1-8-5-10(19(2)18-8)6-12(20)11-4-3-9(7-17-11)13(14,15)16/h3-5,7H,6H2,1-2H3. The fourth-order valence-electron chi connectivity index (χ4n) is 1.81. The van der Waals surface area contributed by atoms with Gasteiger partial charge in [-0.05, 0) is 25.1 Å². The Hall–Kier alpha value is -2.18. The van der Waals surface area contributed by atoms with Gasteiger partial charge in [0.25, 0.3) is 0 Å². The van der Waals surface area contributed by atoms with Crippen LogP contribution >= 0.6 is 0 Å². The summed E-state index contributed by atoms with van der Waals surface area (Å²) < 4.78 is 38.7. The smallest absolute Gasteiger partial charge is 0.292 e. The molecule has 2 heterocycles. The lowest BCUT2D eigenvalue weighted by molar-refractivity contribution is -0.137. The second-order valence-corrected chi connectivity index (χ2v) is 4.43. The van der Waals surface area contributed by atoms with E-state index < -0.39 is 11.7 Å². The highest BCUT2D eigenvalue weighted by molar-refractivity contribution is 5.95. The van der Waals surface area contributed by atoms with Crippen molar-refractivity contribution in [1.82, 2.24) is 14.8 Å². The number of carbonyl (C=O) groups is 1. The molecule has 106 valence electrons. The number of halogens is 3. The SMILES string of the molecule is Cc1cc(CC(=O)c2ccc(C(F)(F)F)cn2)n(C)n1. The van der Waals surface area contributed by atoms with Gasteiger partial charge < -0.3 is 0 Å². The van der Waals surface area contributed by atoms with Crippen LogP contribution in [0.1, 0.15) is 27.4 Å². The number of carbonyl (C=O) groups excluding carboxylic acids is 1. The molecule has 20 heavy (non-hydrogen) atoms. The first-order valence-corrected chi connectivity index (χ1v) is 5.83. The highest BCUT2D eigenvalue weighted by Gasteiger charge is 2.30. The molecule has 0 N–H and O–H groups in total. The highest BCUT2D eigenvalue weighted by atomic mass is 19.4. The fraction of sp³-hybridized carbons (Fsp3) is 0.308. The van der Waals surface area contributed by atoms with Gasteiger partial charge in [0.05, 0.1) is 17.7 Å². The zero-order valence-electron chi connectivity index (χ0n) is 10.9. The van der Waals surface area contributed by atoms with Crippen molar-refractivity contribution in [1.29, 1.82) is 0 Å². The molecule has 0 radical (unpaired) electrons. The molecule has 0 spiro atoms. The van der Waals surface area contributed by atoms with Crippen molar-refractivity contribution >= 4 is 5.78 Å². The van der Waals surface area contributed by atoms with Crippen LogP contribution < -0.4 is 0 Å². The maximum atomic E-state index is 12.4. The van der Waals surface area contributed by atoms with E-state index in [-0.39, 0.29) is 17.9 Å². The minimum Gasteiger partial charge on any atom is -0.292 e. The summed E-state index contributed by atoms with van der Waals surface area (Å²) in [5, 5.41) is 4.10. The molecule has 4 nitrogen and oxygen atoms in total. The van der Waals surface area contributed by atoms with E-state index in [0.717, 1.165) is 17.8 Å². The van der Waals surface area contributed by atoms with Gasteiger partial charge in [-0.1, -0.05) is 0 Å². The Kier molecular flexibility index (Phi) is 3.61. The number of hydrogen-bond donors (Lipinski definition) is 0. The number of rotatable bonds is 3. The number of nitrogens with zero attached hydrogens (tertiary/aromatic N) is 3. The van der Waals surface area contributed by atoms with E-state index in [0.29, 0.717) is 11.9 Å². The predicted molar refractivity (Wildman–Crippen MR) is 65.2 cm³/mol. The third-order valence-electron chi connectivity index (χ3n) is 2.82. The zero-order chi connectivity index (χ0) is 14.9. The van der Waals surface area contributed by atoms with Gasteiger partial charge in [0.2, 0.25) is 0 Å². The second kappa shape index (κ2) is 5.07. The number of pyridine rings is 1. The number of aromatic nitrogens is 3. The van der Waals surface area contributed by atoms with Crippen LogP contribution in [0.3, 0.4) is 0 Å². The molecule has 0 aliphatic heterocycles. The average Bonchev–Trinajstić information content (AvgIpc) is 2.67. The monoisotopic (exact) mass is 283 g/mol. The van der Waals surface area contributed by atoms with E-state index in [1.165, 1.54) is 0 Å². The van der Waals surface area contributed by atoms with Crippen molar-refractivity contribution in [2.75, 3.05) is 0 Å². The lowest BCUT2D eigenvalue weighted by Gasteiger charge is -2.06. The molecule has 0 unspecified atom stereocenters. The molecular weight excluding hydrogens is 271 g/mol. The molecule has 0 atom stereocenters. The van der Waals surface area contributed by atoms with Crippen molar-refractivity contribution < 1.29 is 18.0 Å². The van der Waals surface area contributed by atoms with Crippen molar-refractivity contribution in [2.24, 2.45) is 7.05 Å². The lowest BCUT2D eigenvalue weighted by atomic mass is 10.1. The molecular formula is C13H12F3N3O. The number of hydrogen-bond acceptors (Lipinski definition) is 3. The highest BCUT2D eigenvalue weighted by Crippen LogP contribution is 2.28. The van der Waals surface area contributed by atoms with E-state index >= 15 is 0 Å². The number of ketones is 1. The van der Waals surface area contributed by atoms with Crippen LogP contribution in [-0.2, 0) is 19.6 Å². The molecule has 2 aromatic rings. The van der Waals surface area contributed by atoms with Gasteiger partial charge >= 0.3 is 6.18 Å².